The van der Waals surface area contributed by atoms with E-state index < -0.39 is 12.8 Å². The normalized spacial score (nSPS) is 11.6. The van der Waals surface area contributed by atoms with Gasteiger partial charge in [0.25, 0.3) is 0 Å². The van der Waals surface area contributed by atoms with Crippen LogP contribution in [0, 0.1) is 0 Å². The summed E-state index contributed by atoms with van der Waals surface area (Å²) in [4.78, 5) is 8.31. The molecule has 0 radical (unpaired) electrons. The van der Waals surface area contributed by atoms with Gasteiger partial charge in [-0.25, -0.2) is 9.98 Å². The Morgan fingerprint density at radius 2 is 2.11 bits per heavy atom. The van der Waals surface area contributed by atoms with Crippen LogP contribution in [-0.4, -0.2) is 46.6 Å². The first-order valence-electron chi connectivity index (χ1n) is 8.60. The lowest BCUT2D eigenvalue weighted by Gasteiger charge is -2.11. The van der Waals surface area contributed by atoms with Crippen LogP contribution in [0.4, 0.5) is 13.2 Å². The van der Waals surface area contributed by atoms with Gasteiger partial charge in [0, 0.05) is 44.3 Å². The molecule has 0 aliphatic carbocycles. The van der Waals surface area contributed by atoms with E-state index in [1.165, 1.54) is 12.3 Å². The average Bonchev–Trinajstić information content (AvgIpc) is 3.15. The lowest BCUT2D eigenvalue weighted by atomic mass is 10.3. The number of rotatable bonds is 9. The Kier molecular flexibility index (Phi) is 10.6. The van der Waals surface area contributed by atoms with Crippen LogP contribution in [-0.2, 0) is 13.1 Å². The van der Waals surface area contributed by atoms with E-state index in [9.17, 15) is 13.2 Å². The van der Waals surface area contributed by atoms with Crippen molar-refractivity contribution in [3.8, 4) is 5.88 Å². The number of nitrogens with one attached hydrogen (secondary N) is 2. The number of alkyl halides is 3. The van der Waals surface area contributed by atoms with Crippen molar-refractivity contribution in [1.29, 1.82) is 0 Å². The number of hydrogen-bond acceptors (Lipinski definition) is 4. The maximum atomic E-state index is 12.1. The van der Waals surface area contributed by atoms with E-state index in [1.54, 1.807) is 12.3 Å². The molecule has 0 unspecified atom stereocenters. The van der Waals surface area contributed by atoms with Gasteiger partial charge in [-0.05, 0) is 25.0 Å². The van der Waals surface area contributed by atoms with Crippen LogP contribution in [0.15, 0.2) is 41.8 Å². The molecule has 2 N–H and O–H groups in total. The SMILES string of the molecule is CCNC(=NCc1ccc(OCC(F)(F)F)nc1)NCCCn1cccn1.I. The zero-order valence-corrected chi connectivity index (χ0v) is 17.8. The molecule has 2 heterocycles. The molecule has 11 heteroatoms. The lowest BCUT2D eigenvalue weighted by Crippen LogP contribution is -2.38. The molecule has 28 heavy (non-hydrogen) atoms. The minimum Gasteiger partial charge on any atom is -0.468 e. The summed E-state index contributed by atoms with van der Waals surface area (Å²) >= 11 is 0. The highest BCUT2D eigenvalue weighted by molar-refractivity contribution is 14.0. The first-order chi connectivity index (χ1) is 13.0. The maximum Gasteiger partial charge on any atom is 0.422 e. The number of aromatic nitrogens is 3. The van der Waals surface area contributed by atoms with Crippen molar-refractivity contribution >= 4 is 29.9 Å². The number of aliphatic imine (C=N–C) groups is 1. The van der Waals surface area contributed by atoms with Crippen molar-refractivity contribution < 1.29 is 17.9 Å². The van der Waals surface area contributed by atoms with Crippen LogP contribution in [0.5, 0.6) is 5.88 Å². The molecule has 0 aromatic carbocycles. The summed E-state index contributed by atoms with van der Waals surface area (Å²) in [5.41, 5.74) is 0.767. The van der Waals surface area contributed by atoms with E-state index in [-0.39, 0.29) is 29.9 Å². The van der Waals surface area contributed by atoms with Crippen LogP contribution in [0.2, 0.25) is 0 Å². The average molecular weight is 512 g/mol. The smallest absolute Gasteiger partial charge is 0.422 e. The standard InChI is InChI=1S/C17H23F3N6O.HI/c1-2-21-16(22-7-3-9-26-10-4-8-25-26)24-12-14-5-6-15(23-11-14)27-13-17(18,19)20;/h4-6,8,10-11H,2-3,7,9,12-13H2,1H3,(H2,21,22,24);1H. The number of nitrogens with zero attached hydrogens (tertiary/aromatic N) is 4. The molecule has 0 saturated carbocycles. The van der Waals surface area contributed by atoms with E-state index >= 15 is 0 Å². The molecule has 0 bridgehead atoms. The maximum absolute atomic E-state index is 12.1. The summed E-state index contributed by atoms with van der Waals surface area (Å²) in [6.45, 7) is 3.21. The van der Waals surface area contributed by atoms with Crippen molar-refractivity contribution in [2.24, 2.45) is 4.99 Å². The molecule has 0 saturated heterocycles. The fourth-order valence-electron chi connectivity index (χ4n) is 2.14. The van der Waals surface area contributed by atoms with Gasteiger partial charge < -0.3 is 15.4 Å². The molecule has 2 rings (SSSR count). The molecule has 156 valence electrons. The highest BCUT2D eigenvalue weighted by Crippen LogP contribution is 2.17. The number of halogens is 4. The summed E-state index contributed by atoms with van der Waals surface area (Å²) in [7, 11) is 0. The van der Waals surface area contributed by atoms with Crippen LogP contribution >= 0.6 is 24.0 Å². The number of aryl methyl sites for hydroxylation is 1. The van der Waals surface area contributed by atoms with Gasteiger partial charge in [-0.3, -0.25) is 4.68 Å². The van der Waals surface area contributed by atoms with Crippen molar-refractivity contribution in [3.63, 3.8) is 0 Å². The second-order valence-corrected chi connectivity index (χ2v) is 5.65. The molecular formula is C17H24F3IN6O. The third-order valence-electron chi connectivity index (χ3n) is 3.36. The monoisotopic (exact) mass is 512 g/mol. The zero-order valence-electron chi connectivity index (χ0n) is 15.4. The fourth-order valence-corrected chi connectivity index (χ4v) is 2.14. The predicted molar refractivity (Wildman–Crippen MR) is 111 cm³/mol. The van der Waals surface area contributed by atoms with Crippen molar-refractivity contribution in [2.45, 2.75) is 32.6 Å². The van der Waals surface area contributed by atoms with Crippen molar-refractivity contribution in [2.75, 3.05) is 19.7 Å². The largest absolute Gasteiger partial charge is 0.468 e. The molecule has 0 aliphatic rings. The van der Waals surface area contributed by atoms with Gasteiger partial charge >= 0.3 is 6.18 Å². The van der Waals surface area contributed by atoms with Gasteiger partial charge in [-0.1, -0.05) is 6.07 Å². The Hall–Kier alpha value is -2.05. The quantitative estimate of drug-likeness (QED) is 0.234. The summed E-state index contributed by atoms with van der Waals surface area (Å²) in [6, 6.07) is 4.93. The third kappa shape index (κ3) is 9.76. The van der Waals surface area contributed by atoms with E-state index in [1.807, 2.05) is 23.9 Å². The first-order valence-corrected chi connectivity index (χ1v) is 8.60. The minimum atomic E-state index is -4.38. The van der Waals surface area contributed by atoms with Crippen LogP contribution in [0.1, 0.15) is 18.9 Å². The Bertz CT molecular complexity index is 692. The second-order valence-electron chi connectivity index (χ2n) is 5.65. The molecular weight excluding hydrogens is 488 g/mol. The summed E-state index contributed by atoms with van der Waals surface area (Å²) in [5, 5.41) is 10.5. The van der Waals surface area contributed by atoms with Crippen LogP contribution in [0.25, 0.3) is 0 Å². The zero-order chi connectivity index (χ0) is 19.5. The molecule has 0 amide bonds. The Morgan fingerprint density at radius 1 is 1.29 bits per heavy atom. The number of ether oxygens (including phenoxy) is 1. The summed E-state index contributed by atoms with van der Waals surface area (Å²) in [5.74, 6) is 0.596. The number of pyridine rings is 1. The molecule has 0 fully saturated rings. The second kappa shape index (κ2) is 12.4. The predicted octanol–water partition coefficient (Wildman–Crippen LogP) is 2.98. The number of guanidine groups is 1. The highest BCUT2D eigenvalue weighted by atomic mass is 127. The van der Waals surface area contributed by atoms with E-state index in [4.69, 9.17) is 0 Å². The third-order valence-corrected chi connectivity index (χ3v) is 3.36. The van der Waals surface area contributed by atoms with Crippen molar-refractivity contribution in [3.05, 3.63) is 42.4 Å². The van der Waals surface area contributed by atoms with Gasteiger partial charge in [-0.15, -0.1) is 24.0 Å². The molecule has 0 spiro atoms. The highest BCUT2D eigenvalue weighted by Gasteiger charge is 2.28. The van der Waals surface area contributed by atoms with Gasteiger partial charge in [0.2, 0.25) is 5.88 Å². The van der Waals surface area contributed by atoms with Gasteiger partial charge in [0.1, 0.15) is 0 Å². The molecule has 0 atom stereocenters. The minimum absolute atomic E-state index is 0. The van der Waals surface area contributed by atoms with Crippen LogP contribution in [0.3, 0.4) is 0 Å². The Balaban J connectivity index is 0.00000392. The lowest BCUT2D eigenvalue weighted by molar-refractivity contribution is -0.154. The van der Waals surface area contributed by atoms with Gasteiger partial charge in [0.15, 0.2) is 12.6 Å². The van der Waals surface area contributed by atoms with E-state index in [2.05, 4.69) is 30.4 Å². The number of hydrogen-bond donors (Lipinski definition) is 2. The molecule has 0 aliphatic heterocycles. The first kappa shape index (κ1) is 24.0. The van der Waals surface area contributed by atoms with Gasteiger partial charge in [-0.2, -0.15) is 18.3 Å². The topological polar surface area (TPSA) is 76.4 Å². The molecule has 2 aromatic rings. The Morgan fingerprint density at radius 3 is 2.71 bits per heavy atom. The van der Waals surface area contributed by atoms with Crippen LogP contribution < -0.4 is 15.4 Å². The van der Waals surface area contributed by atoms with Crippen molar-refractivity contribution in [1.82, 2.24) is 25.4 Å². The fraction of sp³-hybridized carbons (Fsp3) is 0.471. The van der Waals surface area contributed by atoms with Gasteiger partial charge in [0.05, 0.1) is 6.54 Å². The summed E-state index contributed by atoms with van der Waals surface area (Å²) in [6.07, 6.45) is 1.62. The Labute approximate surface area is 178 Å². The molecule has 2 aromatic heterocycles. The van der Waals surface area contributed by atoms with E-state index in [0.29, 0.717) is 19.0 Å². The van der Waals surface area contributed by atoms with E-state index in [0.717, 1.165) is 25.1 Å². The summed E-state index contributed by atoms with van der Waals surface area (Å²) < 4.78 is 42.8. The molecule has 7 nitrogen and oxygen atoms in total.